The molecule has 3 rings (SSSR count). The monoisotopic (exact) mass is 503 g/mol. The van der Waals surface area contributed by atoms with Gasteiger partial charge in [-0.05, 0) is 60.0 Å². The molecule has 3 aromatic rings. The first kappa shape index (κ1) is 27.3. The van der Waals surface area contributed by atoms with Crippen LogP contribution in [-0.4, -0.2) is 44.4 Å². The fourth-order valence-electron chi connectivity index (χ4n) is 3.59. The summed E-state index contributed by atoms with van der Waals surface area (Å²) in [6, 6.07) is 22.3. The van der Waals surface area contributed by atoms with Gasteiger partial charge in [0.05, 0.1) is 20.3 Å². The van der Waals surface area contributed by atoms with Crippen molar-refractivity contribution in [2.24, 2.45) is 0 Å². The first-order chi connectivity index (χ1) is 17.9. The molecule has 0 unspecified atom stereocenters. The zero-order chi connectivity index (χ0) is 26.6. The molecule has 1 N–H and O–H groups in total. The number of carbonyl (C=O) groups excluding carboxylic acids is 1. The summed E-state index contributed by atoms with van der Waals surface area (Å²) in [5, 5.41) is 9.21. The zero-order valence-electron chi connectivity index (χ0n) is 21.5. The summed E-state index contributed by atoms with van der Waals surface area (Å²) in [5.41, 5.74) is 3.17. The Morgan fingerprint density at radius 2 is 1.62 bits per heavy atom. The van der Waals surface area contributed by atoms with Crippen LogP contribution < -0.4 is 14.4 Å². The molecule has 0 heterocycles. The highest BCUT2D eigenvalue weighted by atomic mass is 16.5. The van der Waals surface area contributed by atoms with Gasteiger partial charge in [0.2, 0.25) is 5.76 Å². The lowest BCUT2D eigenvalue weighted by Crippen LogP contribution is -2.26. The Labute approximate surface area is 217 Å². The number of hydrogen-bond acceptors (Lipinski definition) is 5. The van der Waals surface area contributed by atoms with Gasteiger partial charge in [-0.2, -0.15) is 0 Å². The number of carboxylic acids is 1. The molecule has 194 valence electrons. The normalized spacial score (nSPS) is 11.1. The van der Waals surface area contributed by atoms with Crippen molar-refractivity contribution in [2.75, 3.05) is 32.3 Å². The molecule has 7 heteroatoms. The number of hydrogen-bond donors (Lipinski definition) is 1. The topological polar surface area (TPSA) is 85.3 Å². The molecule has 0 fully saturated rings. The van der Waals surface area contributed by atoms with Gasteiger partial charge in [0.15, 0.2) is 11.5 Å². The van der Waals surface area contributed by atoms with Crippen molar-refractivity contribution in [1.82, 2.24) is 0 Å². The van der Waals surface area contributed by atoms with Crippen molar-refractivity contribution in [3.05, 3.63) is 95.2 Å². The largest absolute Gasteiger partial charge is 0.490 e. The maximum Gasteiger partial charge on any atom is 0.371 e. The zero-order valence-corrected chi connectivity index (χ0v) is 21.5. The first-order valence-corrected chi connectivity index (χ1v) is 12.2. The molecule has 37 heavy (non-hydrogen) atoms. The minimum absolute atomic E-state index is 0.0634. The molecule has 0 radical (unpaired) electrons. The van der Waals surface area contributed by atoms with Gasteiger partial charge in [0, 0.05) is 24.7 Å². The smallest absolute Gasteiger partial charge is 0.371 e. The lowest BCUT2D eigenvalue weighted by molar-refractivity contribution is -0.135. The third-order valence-electron chi connectivity index (χ3n) is 5.75. The van der Waals surface area contributed by atoms with E-state index in [1.54, 1.807) is 42.3 Å². The Morgan fingerprint density at radius 1 is 0.919 bits per heavy atom. The van der Waals surface area contributed by atoms with Gasteiger partial charge in [-0.1, -0.05) is 49.7 Å². The molecule has 0 spiro atoms. The van der Waals surface area contributed by atoms with E-state index in [0.717, 1.165) is 24.1 Å². The third-order valence-corrected chi connectivity index (χ3v) is 5.75. The minimum atomic E-state index is -1.14. The Morgan fingerprint density at radius 3 is 2.27 bits per heavy atom. The number of unbranched alkanes of at least 4 members (excludes halogenated alkanes) is 1. The molecule has 0 atom stereocenters. The summed E-state index contributed by atoms with van der Waals surface area (Å²) in [4.78, 5) is 25.6. The highest BCUT2D eigenvalue weighted by Gasteiger charge is 2.13. The summed E-state index contributed by atoms with van der Waals surface area (Å²) in [6.45, 7) is 3.04. The second-order valence-corrected chi connectivity index (χ2v) is 8.42. The summed E-state index contributed by atoms with van der Waals surface area (Å²) in [5.74, 6) is -0.219. The summed E-state index contributed by atoms with van der Waals surface area (Å²) in [6.07, 6.45) is 4.00. The average Bonchev–Trinajstić information content (AvgIpc) is 2.92. The molecule has 1 amide bonds. The Hall–Kier alpha value is -4.26. The fourth-order valence-corrected chi connectivity index (χ4v) is 3.59. The number of benzene rings is 3. The molecule has 0 aliphatic carbocycles. The van der Waals surface area contributed by atoms with E-state index in [1.807, 2.05) is 42.5 Å². The van der Waals surface area contributed by atoms with E-state index in [1.165, 1.54) is 13.2 Å². The lowest BCUT2D eigenvalue weighted by atomic mass is 10.1. The van der Waals surface area contributed by atoms with E-state index < -0.39 is 5.97 Å². The van der Waals surface area contributed by atoms with Crippen LogP contribution in [0.3, 0.4) is 0 Å². The van der Waals surface area contributed by atoms with Crippen LogP contribution in [0.5, 0.6) is 11.5 Å². The van der Waals surface area contributed by atoms with Crippen molar-refractivity contribution in [3.8, 4) is 11.5 Å². The third kappa shape index (κ3) is 7.87. The van der Waals surface area contributed by atoms with Crippen LogP contribution in [0.15, 0.2) is 78.6 Å². The van der Waals surface area contributed by atoms with Crippen molar-refractivity contribution < 1.29 is 28.9 Å². The number of anilines is 1. The molecule has 0 aromatic heterocycles. The molecule has 0 aliphatic heterocycles. The van der Waals surface area contributed by atoms with Crippen molar-refractivity contribution >= 4 is 23.6 Å². The standard InChI is InChI=1S/C30H33NO6/c1-4-5-18-36-27-20-23(21-28(35-3)30(33)34)13-16-26(27)37-19-17-22-11-14-25(15-12-22)31(2)29(32)24-9-7-6-8-10-24/h6-16,20-21H,4-5,17-19H2,1-3H3,(H,33,34)/b28-21-. The lowest BCUT2D eigenvalue weighted by Gasteiger charge is -2.18. The molecule has 0 bridgehead atoms. The van der Waals surface area contributed by atoms with Gasteiger partial charge in [0.25, 0.3) is 5.91 Å². The van der Waals surface area contributed by atoms with Crippen LogP contribution >= 0.6 is 0 Å². The Balaban J connectivity index is 1.64. The predicted octanol–water partition coefficient (Wildman–Crippen LogP) is 5.84. The predicted molar refractivity (Wildman–Crippen MR) is 144 cm³/mol. The van der Waals surface area contributed by atoms with Crippen LogP contribution in [0, 0.1) is 0 Å². The quantitative estimate of drug-likeness (QED) is 0.179. The molecule has 0 saturated heterocycles. The Bertz CT molecular complexity index is 1200. The van der Waals surface area contributed by atoms with Gasteiger partial charge in [-0.3, -0.25) is 4.79 Å². The number of carboxylic acid groups (broad SMARTS) is 1. The molecule has 0 saturated carbocycles. The van der Waals surface area contributed by atoms with Crippen LogP contribution in [0.4, 0.5) is 5.69 Å². The van der Waals surface area contributed by atoms with Crippen LogP contribution in [0.1, 0.15) is 41.3 Å². The fraction of sp³-hybridized carbons (Fsp3) is 0.267. The highest BCUT2D eigenvalue weighted by molar-refractivity contribution is 6.05. The molecule has 7 nitrogen and oxygen atoms in total. The summed E-state index contributed by atoms with van der Waals surface area (Å²) < 4.78 is 16.9. The maximum atomic E-state index is 12.7. The van der Waals surface area contributed by atoms with E-state index in [4.69, 9.17) is 14.2 Å². The van der Waals surface area contributed by atoms with E-state index in [-0.39, 0.29) is 11.7 Å². The minimum Gasteiger partial charge on any atom is -0.490 e. The molecular formula is C30H33NO6. The van der Waals surface area contributed by atoms with Gasteiger partial charge < -0.3 is 24.2 Å². The second-order valence-electron chi connectivity index (χ2n) is 8.42. The number of carbonyl (C=O) groups is 2. The SMILES string of the molecule is CCCCOc1cc(/C=C(\OC)C(=O)O)ccc1OCCc1ccc(N(C)C(=O)c2ccccc2)cc1. The van der Waals surface area contributed by atoms with E-state index in [0.29, 0.717) is 42.3 Å². The molecular weight excluding hydrogens is 470 g/mol. The highest BCUT2D eigenvalue weighted by Crippen LogP contribution is 2.30. The van der Waals surface area contributed by atoms with Gasteiger partial charge >= 0.3 is 5.97 Å². The average molecular weight is 504 g/mol. The van der Waals surface area contributed by atoms with Crippen LogP contribution in [0.2, 0.25) is 0 Å². The molecule has 3 aromatic carbocycles. The van der Waals surface area contributed by atoms with Crippen LogP contribution in [0.25, 0.3) is 6.08 Å². The number of ether oxygens (including phenoxy) is 3. The number of methoxy groups -OCH3 is 1. The van der Waals surface area contributed by atoms with Crippen molar-refractivity contribution in [2.45, 2.75) is 26.2 Å². The Kier molecular flexibility index (Phi) is 10.1. The van der Waals surface area contributed by atoms with Gasteiger partial charge in [-0.15, -0.1) is 0 Å². The number of nitrogens with zero attached hydrogens (tertiary/aromatic N) is 1. The van der Waals surface area contributed by atoms with E-state index in [9.17, 15) is 14.7 Å². The summed E-state index contributed by atoms with van der Waals surface area (Å²) in [7, 11) is 3.08. The first-order valence-electron chi connectivity index (χ1n) is 12.2. The number of rotatable bonds is 13. The second kappa shape index (κ2) is 13.7. The molecule has 0 aliphatic rings. The number of aliphatic carboxylic acids is 1. The van der Waals surface area contributed by atoms with Crippen molar-refractivity contribution in [3.63, 3.8) is 0 Å². The van der Waals surface area contributed by atoms with E-state index >= 15 is 0 Å². The van der Waals surface area contributed by atoms with Gasteiger partial charge in [0.1, 0.15) is 0 Å². The van der Waals surface area contributed by atoms with E-state index in [2.05, 4.69) is 6.92 Å². The number of amides is 1. The maximum absolute atomic E-state index is 12.7. The van der Waals surface area contributed by atoms with Crippen molar-refractivity contribution in [1.29, 1.82) is 0 Å². The van der Waals surface area contributed by atoms with Gasteiger partial charge in [-0.25, -0.2) is 4.79 Å². The summed E-state index contributed by atoms with van der Waals surface area (Å²) >= 11 is 0. The van der Waals surface area contributed by atoms with Crippen LogP contribution in [-0.2, 0) is 16.0 Å².